The molecule has 0 spiro atoms. The van der Waals surface area contributed by atoms with Gasteiger partial charge >= 0.3 is 0 Å². The van der Waals surface area contributed by atoms with Crippen molar-refractivity contribution in [1.82, 2.24) is 0 Å². The topological polar surface area (TPSA) is 68.9 Å². The van der Waals surface area contributed by atoms with Crippen LogP contribution in [0.3, 0.4) is 0 Å². The number of furan rings is 1. The lowest BCUT2D eigenvalue weighted by Crippen LogP contribution is -2.16. The van der Waals surface area contributed by atoms with Crippen LogP contribution in [0.15, 0.2) is 40.7 Å². The highest BCUT2D eigenvalue weighted by atomic mass is 16.5. The number of carbonyl (C=O) groups excluding carboxylic acids is 1. The molecule has 1 aromatic heterocycles. The fourth-order valence-corrected chi connectivity index (χ4v) is 2.10. The minimum absolute atomic E-state index is 0.0598. The Kier molecular flexibility index (Phi) is 2.95. The van der Waals surface area contributed by atoms with E-state index in [1.54, 1.807) is 24.3 Å². The van der Waals surface area contributed by atoms with Gasteiger partial charge in [0.1, 0.15) is 12.4 Å². The Labute approximate surface area is 115 Å². The first-order valence-corrected chi connectivity index (χ1v) is 6.02. The van der Waals surface area contributed by atoms with E-state index in [1.807, 2.05) is 0 Å². The zero-order valence-corrected chi connectivity index (χ0v) is 10.8. The van der Waals surface area contributed by atoms with Crippen molar-refractivity contribution in [1.29, 1.82) is 0 Å². The fourth-order valence-electron chi connectivity index (χ4n) is 2.10. The third-order valence-electron chi connectivity index (χ3n) is 3.12. The Morgan fingerprint density at radius 2 is 2.20 bits per heavy atom. The number of phenolic OH excluding ortho intramolecular Hbond substituents is 1. The van der Waals surface area contributed by atoms with Gasteiger partial charge in [0.15, 0.2) is 17.3 Å². The first-order valence-electron chi connectivity index (χ1n) is 6.02. The van der Waals surface area contributed by atoms with E-state index >= 15 is 0 Å². The quantitative estimate of drug-likeness (QED) is 0.851. The van der Waals surface area contributed by atoms with Crippen LogP contribution >= 0.6 is 0 Å². The van der Waals surface area contributed by atoms with Gasteiger partial charge < -0.3 is 19.0 Å². The summed E-state index contributed by atoms with van der Waals surface area (Å²) in [6.07, 6.45) is 3.05. The van der Waals surface area contributed by atoms with Gasteiger partial charge in [0.2, 0.25) is 5.78 Å². The van der Waals surface area contributed by atoms with Crippen molar-refractivity contribution < 1.29 is 23.8 Å². The number of hydrogen-bond acceptors (Lipinski definition) is 5. The van der Waals surface area contributed by atoms with Gasteiger partial charge in [-0.1, -0.05) is 0 Å². The van der Waals surface area contributed by atoms with Gasteiger partial charge in [0.25, 0.3) is 0 Å². The zero-order valence-electron chi connectivity index (χ0n) is 10.8. The molecule has 0 unspecified atom stereocenters. The molecular weight excluding hydrogens is 260 g/mol. The van der Waals surface area contributed by atoms with Crippen molar-refractivity contribution in [3.8, 4) is 11.5 Å². The van der Waals surface area contributed by atoms with E-state index in [1.165, 1.54) is 19.4 Å². The molecule has 0 fully saturated rings. The van der Waals surface area contributed by atoms with Gasteiger partial charge in [-0.05, 0) is 24.3 Å². The summed E-state index contributed by atoms with van der Waals surface area (Å²) in [5.41, 5.74) is 0.846. The number of methoxy groups -OCH3 is 1. The second-order valence-corrected chi connectivity index (χ2v) is 4.28. The van der Waals surface area contributed by atoms with E-state index in [2.05, 4.69) is 0 Å². The first kappa shape index (κ1) is 12.3. The van der Waals surface area contributed by atoms with Crippen LogP contribution in [-0.2, 0) is 11.3 Å². The summed E-state index contributed by atoms with van der Waals surface area (Å²) in [7, 11) is 1.45. The van der Waals surface area contributed by atoms with Crippen LogP contribution in [0.25, 0.3) is 6.08 Å². The number of fused-ring (bicyclic) bond motifs is 1. The Morgan fingerprint density at radius 1 is 1.35 bits per heavy atom. The summed E-state index contributed by atoms with van der Waals surface area (Å²) in [5, 5.41) is 10.0. The van der Waals surface area contributed by atoms with Crippen LogP contribution in [0.4, 0.5) is 0 Å². The molecule has 3 rings (SSSR count). The number of aromatic hydroxyl groups is 1. The van der Waals surface area contributed by atoms with E-state index in [0.29, 0.717) is 22.6 Å². The van der Waals surface area contributed by atoms with E-state index in [4.69, 9.17) is 13.9 Å². The Bertz CT molecular complexity index is 683. The summed E-state index contributed by atoms with van der Waals surface area (Å²) in [6, 6.07) is 6.63. The van der Waals surface area contributed by atoms with Gasteiger partial charge in [-0.15, -0.1) is 0 Å². The summed E-state index contributed by atoms with van der Waals surface area (Å²) < 4.78 is 15.6. The number of rotatable bonds is 2. The summed E-state index contributed by atoms with van der Waals surface area (Å²) in [6.45, 7) is 0.108. The second-order valence-electron chi connectivity index (χ2n) is 4.28. The highest BCUT2D eigenvalue weighted by molar-refractivity contribution is 6.11. The van der Waals surface area contributed by atoms with Gasteiger partial charge in [0.05, 0.1) is 13.4 Å². The van der Waals surface area contributed by atoms with Crippen molar-refractivity contribution in [2.45, 2.75) is 6.61 Å². The average Bonchev–Trinajstić information content (AvgIpc) is 2.96. The van der Waals surface area contributed by atoms with E-state index in [-0.39, 0.29) is 23.9 Å². The highest BCUT2D eigenvalue weighted by Crippen LogP contribution is 2.37. The number of hydrogen-bond donors (Lipinski definition) is 1. The Morgan fingerprint density at radius 3 is 2.90 bits per heavy atom. The minimum atomic E-state index is -0.291. The van der Waals surface area contributed by atoms with Crippen LogP contribution in [0, 0.1) is 0 Å². The molecule has 1 aliphatic heterocycles. The Hall–Kier alpha value is -2.69. The largest absolute Gasteiger partial charge is 0.504 e. The molecular formula is C15H12O5. The van der Waals surface area contributed by atoms with Gasteiger partial charge in [-0.2, -0.15) is 0 Å². The van der Waals surface area contributed by atoms with Gasteiger partial charge in [-0.25, -0.2) is 0 Å². The maximum absolute atomic E-state index is 12.3. The lowest BCUT2D eigenvalue weighted by atomic mass is 9.98. The molecule has 5 nitrogen and oxygen atoms in total. The van der Waals surface area contributed by atoms with Crippen LogP contribution in [0.5, 0.6) is 11.5 Å². The van der Waals surface area contributed by atoms with Crippen LogP contribution in [0.2, 0.25) is 0 Å². The smallest absolute Gasteiger partial charge is 0.228 e. The van der Waals surface area contributed by atoms with Crippen LogP contribution in [-0.4, -0.2) is 18.0 Å². The third kappa shape index (κ3) is 1.93. The normalized spacial score (nSPS) is 15.8. The Balaban J connectivity index is 2.02. The predicted octanol–water partition coefficient (Wildman–Crippen LogP) is 2.75. The molecule has 0 aliphatic carbocycles. The number of Topliss-reactive ketones (excluding diaryl/α,β-unsaturated/α-hetero) is 1. The number of phenols is 1. The van der Waals surface area contributed by atoms with E-state index in [0.717, 1.165) is 0 Å². The fraction of sp³-hybridized carbons (Fsp3) is 0.133. The van der Waals surface area contributed by atoms with Crippen molar-refractivity contribution in [3.63, 3.8) is 0 Å². The molecule has 20 heavy (non-hydrogen) atoms. The standard InChI is InChI=1S/C15H12O5/c1-18-12-5-4-10-11(15(12)17)8-20-13(14(10)16)7-9-3-2-6-19-9/h2-7,17H,8H2,1H3/b13-7-. The van der Waals surface area contributed by atoms with Gasteiger partial charge in [0, 0.05) is 17.2 Å². The van der Waals surface area contributed by atoms with Crippen molar-refractivity contribution in [2.75, 3.05) is 7.11 Å². The number of ketones is 1. The summed E-state index contributed by atoms with van der Waals surface area (Å²) in [5.74, 6) is 0.696. The molecule has 0 radical (unpaired) electrons. The molecule has 5 heteroatoms. The zero-order chi connectivity index (χ0) is 14.1. The molecule has 2 aromatic rings. The maximum atomic E-state index is 12.3. The number of carbonyl (C=O) groups is 1. The monoisotopic (exact) mass is 272 g/mol. The van der Waals surface area contributed by atoms with E-state index in [9.17, 15) is 9.90 Å². The molecule has 2 heterocycles. The molecule has 1 aromatic carbocycles. The lowest BCUT2D eigenvalue weighted by Gasteiger charge is -2.20. The summed E-state index contributed by atoms with van der Waals surface area (Å²) in [4.78, 5) is 12.3. The maximum Gasteiger partial charge on any atom is 0.228 e. The summed E-state index contributed by atoms with van der Waals surface area (Å²) >= 11 is 0. The average molecular weight is 272 g/mol. The molecule has 0 amide bonds. The molecule has 1 N–H and O–H groups in total. The SMILES string of the molecule is COc1ccc2c(c1O)CO/C(=C\c1ccco1)C2=O. The molecule has 1 aliphatic rings. The first-order chi connectivity index (χ1) is 9.70. The van der Waals surface area contributed by atoms with Crippen molar-refractivity contribution in [3.05, 3.63) is 53.2 Å². The molecule has 0 saturated carbocycles. The molecule has 0 saturated heterocycles. The number of benzene rings is 1. The van der Waals surface area contributed by atoms with Crippen molar-refractivity contribution in [2.24, 2.45) is 0 Å². The van der Waals surface area contributed by atoms with Crippen LogP contribution < -0.4 is 4.74 Å². The molecule has 102 valence electrons. The lowest BCUT2D eigenvalue weighted by molar-refractivity contribution is 0.0865. The third-order valence-corrected chi connectivity index (χ3v) is 3.12. The highest BCUT2D eigenvalue weighted by Gasteiger charge is 2.27. The minimum Gasteiger partial charge on any atom is -0.504 e. The predicted molar refractivity (Wildman–Crippen MR) is 70.5 cm³/mol. The molecule has 0 bridgehead atoms. The second kappa shape index (κ2) is 4.77. The van der Waals surface area contributed by atoms with Crippen LogP contribution in [0.1, 0.15) is 21.7 Å². The number of ether oxygens (including phenoxy) is 2. The van der Waals surface area contributed by atoms with Gasteiger partial charge in [-0.3, -0.25) is 4.79 Å². The van der Waals surface area contributed by atoms with E-state index < -0.39 is 0 Å². The molecule has 0 atom stereocenters. The van der Waals surface area contributed by atoms with Crippen molar-refractivity contribution >= 4 is 11.9 Å². The number of allylic oxidation sites excluding steroid dienone is 1.